The summed E-state index contributed by atoms with van der Waals surface area (Å²) in [4.78, 5) is 23.1. The standard InChI is InChI=1S/C34H60O4/c1-3-5-7-9-11-13-15-17-23-27-31-34(37)38-32(28-24-20-16-14-12-10-8-6-4-2)29-25-21-18-19-22-26-30-33(35)36/h7,9,14,16,24,28,32H,3-6,8,10-13,15,17-23,25-27,29-31H2,1-2H3,(H,35,36)/b9-7-,16-14-,28-24-. The van der Waals surface area contributed by atoms with E-state index in [1.165, 1.54) is 64.2 Å². The minimum Gasteiger partial charge on any atom is -0.481 e. The van der Waals surface area contributed by atoms with E-state index in [-0.39, 0.29) is 18.5 Å². The predicted molar refractivity (Wildman–Crippen MR) is 162 cm³/mol. The Morgan fingerprint density at radius 3 is 1.82 bits per heavy atom. The summed E-state index contributed by atoms with van der Waals surface area (Å²) in [6, 6.07) is 0. The monoisotopic (exact) mass is 532 g/mol. The first-order chi connectivity index (χ1) is 18.6. The average Bonchev–Trinajstić information content (AvgIpc) is 2.89. The first kappa shape index (κ1) is 36.2. The molecule has 38 heavy (non-hydrogen) atoms. The van der Waals surface area contributed by atoms with Crippen LogP contribution in [0.5, 0.6) is 0 Å². The topological polar surface area (TPSA) is 63.6 Å². The number of carboxylic acids is 1. The summed E-state index contributed by atoms with van der Waals surface area (Å²) in [7, 11) is 0. The predicted octanol–water partition coefficient (Wildman–Crippen LogP) is 10.7. The van der Waals surface area contributed by atoms with Crippen LogP contribution in [0.2, 0.25) is 0 Å². The zero-order valence-electron chi connectivity index (χ0n) is 25.0. The van der Waals surface area contributed by atoms with Crippen molar-refractivity contribution in [2.24, 2.45) is 0 Å². The lowest BCUT2D eigenvalue weighted by Crippen LogP contribution is -2.16. The Hall–Kier alpha value is -1.84. The van der Waals surface area contributed by atoms with Gasteiger partial charge in [0.15, 0.2) is 0 Å². The number of carbonyl (C=O) groups excluding carboxylic acids is 1. The molecule has 0 saturated carbocycles. The van der Waals surface area contributed by atoms with Crippen molar-refractivity contribution >= 4 is 11.9 Å². The van der Waals surface area contributed by atoms with Gasteiger partial charge >= 0.3 is 11.9 Å². The highest BCUT2D eigenvalue weighted by atomic mass is 16.5. The van der Waals surface area contributed by atoms with E-state index in [9.17, 15) is 9.59 Å². The van der Waals surface area contributed by atoms with Crippen molar-refractivity contribution in [2.75, 3.05) is 0 Å². The zero-order valence-corrected chi connectivity index (χ0v) is 25.0. The second-order valence-corrected chi connectivity index (χ2v) is 10.6. The van der Waals surface area contributed by atoms with Crippen molar-refractivity contribution in [1.82, 2.24) is 0 Å². The van der Waals surface area contributed by atoms with Crippen LogP contribution in [0.3, 0.4) is 0 Å². The number of allylic oxidation sites excluding steroid dienone is 5. The molecule has 0 rings (SSSR count). The fraction of sp³-hybridized carbons (Fsp3) is 0.765. The summed E-state index contributed by atoms with van der Waals surface area (Å²) in [6.07, 6.45) is 37.3. The smallest absolute Gasteiger partial charge is 0.306 e. The number of unbranched alkanes of at least 4 members (excludes halogenated alkanes) is 15. The van der Waals surface area contributed by atoms with Gasteiger partial charge in [0.1, 0.15) is 6.10 Å². The van der Waals surface area contributed by atoms with Gasteiger partial charge in [-0.15, -0.1) is 0 Å². The highest BCUT2D eigenvalue weighted by molar-refractivity contribution is 5.69. The van der Waals surface area contributed by atoms with Gasteiger partial charge in [0, 0.05) is 12.8 Å². The number of esters is 1. The van der Waals surface area contributed by atoms with Gasteiger partial charge in [0.25, 0.3) is 0 Å². The van der Waals surface area contributed by atoms with Crippen LogP contribution in [-0.2, 0) is 14.3 Å². The molecule has 0 aromatic rings. The molecular formula is C34H60O4. The molecule has 1 atom stereocenters. The number of hydrogen-bond acceptors (Lipinski definition) is 3. The van der Waals surface area contributed by atoms with Crippen molar-refractivity contribution < 1.29 is 19.4 Å². The molecule has 0 spiro atoms. The van der Waals surface area contributed by atoms with E-state index in [0.29, 0.717) is 6.42 Å². The summed E-state index contributed by atoms with van der Waals surface area (Å²) in [6.45, 7) is 4.44. The van der Waals surface area contributed by atoms with Crippen molar-refractivity contribution in [1.29, 1.82) is 0 Å². The Morgan fingerprint density at radius 1 is 0.605 bits per heavy atom. The average molecular weight is 533 g/mol. The van der Waals surface area contributed by atoms with Gasteiger partial charge in [0.2, 0.25) is 0 Å². The number of aliphatic carboxylic acids is 1. The molecule has 0 aliphatic rings. The van der Waals surface area contributed by atoms with Crippen molar-refractivity contribution in [3.05, 3.63) is 36.5 Å². The van der Waals surface area contributed by atoms with Gasteiger partial charge in [-0.1, -0.05) is 115 Å². The molecule has 1 N–H and O–H groups in total. The van der Waals surface area contributed by atoms with Crippen molar-refractivity contribution in [3.8, 4) is 0 Å². The first-order valence-electron chi connectivity index (χ1n) is 16.0. The van der Waals surface area contributed by atoms with Gasteiger partial charge in [-0.05, 0) is 70.3 Å². The van der Waals surface area contributed by atoms with Gasteiger partial charge in [-0.3, -0.25) is 9.59 Å². The van der Waals surface area contributed by atoms with Crippen LogP contribution >= 0.6 is 0 Å². The van der Waals surface area contributed by atoms with Gasteiger partial charge in [-0.25, -0.2) is 0 Å². The molecule has 0 aromatic heterocycles. The van der Waals surface area contributed by atoms with E-state index in [1.54, 1.807) is 0 Å². The Kier molecular flexibility index (Phi) is 28.3. The van der Waals surface area contributed by atoms with Crippen molar-refractivity contribution in [3.63, 3.8) is 0 Å². The maximum atomic E-state index is 12.5. The molecule has 0 heterocycles. The molecule has 0 aliphatic carbocycles. The number of rotatable bonds is 28. The summed E-state index contributed by atoms with van der Waals surface area (Å²) in [5.74, 6) is -0.773. The maximum absolute atomic E-state index is 12.5. The molecule has 4 nitrogen and oxygen atoms in total. The fourth-order valence-corrected chi connectivity index (χ4v) is 4.43. The number of ether oxygens (including phenoxy) is 1. The Morgan fingerprint density at radius 2 is 1.16 bits per heavy atom. The van der Waals surface area contributed by atoms with Crippen LogP contribution in [0, 0.1) is 0 Å². The molecule has 220 valence electrons. The third kappa shape index (κ3) is 28.7. The number of carbonyl (C=O) groups is 2. The SMILES string of the molecule is CCC/C=C\CCCCCCCC(=O)OC(/C=C\C/C=C\CCCCCC)CCCCCCCCC(=O)O. The normalized spacial score (nSPS) is 12.7. The van der Waals surface area contributed by atoms with E-state index in [2.05, 4.69) is 50.3 Å². The Bertz CT molecular complexity index is 620. The highest BCUT2D eigenvalue weighted by Crippen LogP contribution is 2.15. The van der Waals surface area contributed by atoms with E-state index in [4.69, 9.17) is 9.84 Å². The third-order valence-corrected chi connectivity index (χ3v) is 6.80. The lowest BCUT2D eigenvalue weighted by molar-refractivity contribution is -0.147. The van der Waals surface area contributed by atoms with Crippen LogP contribution in [0.25, 0.3) is 0 Å². The Labute approximate surface area is 235 Å². The summed E-state index contributed by atoms with van der Waals surface area (Å²) >= 11 is 0. The van der Waals surface area contributed by atoms with Crippen LogP contribution < -0.4 is 0 Å². The van der Waals surface area contributed by atoms with E-state index < -0.39 is 5.97 Å². The minimum absolute atomic E-state index is 0.0673. The number of carboxylic acid groups (broad SMARTS) is 1. The molecular weight excluding hydrogens is 472 g/mol. The van der Waals surface area contributed by atoms with Crippen LogP contribution in [0.1, 0.15) is 162 Å². The molecule has 0 aliphatic heterocycles. The quantitative estimate of drug-likeness (QED) is 0.0618. The minimum atomic E-state index is -0.706. The molecule has 1 unspecified atom stereocenters. The molecule has 0 aromatic carbocycles. The van der Waals surface area contributed by atoms with Gasteiger partial charge < -0.3 is 9.84 Å². The van der Waals surface area contributed by atoms with Crippen molar-refractivity contribution in [2.45, 2.75) is 168 Å². The fourth-order valence-electron chi connectivity index (χ4n) is 4.43. The molecule has 4 heteroatoms. The van der Waals surface area contributed by atoms with Gasteiger partial charge in [-0.2, -0.15) is 0 Å². The van der Waals surface area contributed by atoms with Crippen LogP contribution in [0.4, 0.5) is 0 Å². The largest absolute Gasteiger partial charge is 0.481 e. The summed E-state index contributed by atoms with van der Waals surface area (Å²) < 4.78 is 5.85. The molecule has 0 bridgehead atoms. The molecule has 0 radical (unpaired) electrons. The van der Waals surface area contributed by atoms with Crippen LogP contribution in [-0.4, -0.2) is 23.1 Å². The zero-order chi connectivity index (χ0) is 27.9. The molecule has 0 saturated heterocycles. The number of hydrogen-bond donors (Lipinski definition) is 1. The first-order valence-corrected chi connectivity index (χ1v) is 16.0. The lowest BCUT2D eigenvalue weighted by Gasteiger charge is -2.14. The van der Waals surface area contributed by atoms with Gasteiger partial charge in [0.05, 0.1) is 0 Å². The third-order valence-electron chi connectivity index (χ3n) is 6.80. The molecule has 0 fully saturated rings. The Balaban J connectivity index is 4.24. The van der Waals surface area contributed by atoms with E-state index >= 15 is 0 Å². The molecule has 0 amide bonds. The van der Waals surface area contributed by atoms with E-state index in [0.717, 1.165) is 70.6 Å². The van der Waals surface area contributed by atoms with E-state index in [1.807, 2.05) is 0 Å². The lowest BCUT2D eigenvalue weighted by atomic mass is 10.1. The summed E-state index contributed by atoms with van der Waals surface area (Å²) in [5.41, 5.74) is 0. The summed E-state index contributed by atoms with van der Waals surface area (Å²) in [5, 5.41) is 8.73. The van der Waals surface area contributed by atoms with Crippen LogP contribution in [0.15, 0.2) is 36.5 Å². The maximum Gasteiger partial charge on any atom is 0.306 e. The highest BCUT2D eigenvalue weighted by Gasteiger charge is 2.11. The second kappa shape index (κ2) is 29.7. The second-order valence-electron chi connectivity index (χ2n) is 10.6.